The molecule has 1 aromatic rings. The molecular formula is C14H23ClN2O. The summed E-state index contributed by atoms with van der Waals surface area (Å²) in [7, 11) is 0. The average molecular weight is 271 g/mol. The quantitative estimate of drug-likeness (QED) is 0.885. The molecule has 1 fully saturated rings. The first kappa shape index (κ1) is 13.9. The zero-order chi connectivity index (χ0) is 13.6. The SMILES string of the molecule is CC(C)n1ncc(Cl)c1C1(O)CCCC(C)(C)C1. The van der Waals surface area contributed by atoms with Crippen LogP contribution in [0.5, 0.6) is 0 Å². The Labute approximate surface area is 114 Å². The molecule has 1 aliphatic carbocycles. The number of aromatic nitrogens is 2. The van der Waals surface area contributed by atoms with Crippen molar-refractivity contribution in [3.05, 3.63) is 16.9 Å². The van der Waals surface area contributed by atoms with Crippen molar-refractivity contribution in [2.75, 3.05) is 0 Å². The van der Waals surface area contributed by atoms with Crippen LogP contribution in [0.2, 0.25) is 5.02 Å². The zero-order valence-corrected chi connectivity index (χ0v) is 12.5. The van der Waals surface area contributed by atoms with Crippen molar-refractivity contribution in [2.45, 2.75) is 65.0 Å². The molecule has 1 aliphatic rings. The third-order valence-electron chi connectivity index (χ3n) is 3.90. The Morgan fingerprint density at radius 3 is 2.61 bits per heavy atom. The summed E-state index contributed by atoms with van der Waals surface area (Å²) in [6.45, 7) is 8.54. The monoisotopic (exact) mass is 270 g/mol. The number of aliphatic hydroxyl groups is 1. The van der Waals surface area contributed by atoms with E-state index in [9.17, 15) is 5.11 Å². The predicted octanol–water partition coefficient (Wildman–Crippen LogP) is 3.91. The van der Waals surface area contributed by atoms with E-state index in [2.05, 4.69) is 32.8 Å². The highest BCUT2D eigenvalue weighted by molar-refractivity contribution is 6.31. The van der Waals surface area contributed by atoms with Crippen LogP contribution >= 0.6 is 11.6 Å². The van der Waals surface area contributed by atoms with Crippen molar-refractivity contribution < 1.29 is 5.11 Å². The summed E-state index contributed by atoms with van der Waals surface area (Å²) >= 11 is 6.26. The van der Waals surface area contributed by atoms with Crippen LogP contribution in [0.1, 0.15) is 65.1 Å². The number of nitrogens with zero attached hydrogens (tertiary/aromatic N) is 2. The Bertz CT molecular complexity index is 439. The van der Waals surface area contributed by atoms with Gasteiger partial charge in [-0.2, -0.15) is 5.10 Å². The molecule has 0 amide bonds. The molecule has 0 radical (unpaired) electrons. The first-order valence-corrected chi connectivity index (χ1v) is 7.09. The highest BCUT2D eigenvalue weighted by atomic mass is 35.5. The number of halogens is 1. The van der Waals surface area contributed by atoms with E-state index in [1.807, 2.05) is 4.68 Å². The van der Waals surface area contributed by atoms with Gasteiger partial charge in [-0.05, 0) is 44.9 Å². The highest BCUT2D eigenvalue weighted by Crippen LogP contribution is 2.48. The summed E-state index contributed by atoms with van der Waals surface area (Å²) in [6, 6.07) is 0.210. The van der Waals surface area contributed by atoms with Crippen LogP contribution in [-0.4, -0.2) is 14.9 Å². The molecule has 0 saturated heterocycles. The van der Waals surface area contributed by atoms with Gasteiger partial charge in [-0.25, -0.2) is 0 Å². The molecule has 18 heavy (non-hydrogen) atoms. The predicted molar refractivity (Wildman–Crippen MR) is 73.8 cm³/mol. The van der Waals surface area contributed by atoms with E-state index in [1.165, 1.54) is 0 Å². The van der Waals surface area contributed by atoms with Crippen LogP contribution in [-0.2, 0) is 5.60 Å². The molecule has 1 unspecified atom stereocenters. The molecule has 1 atom stereocenters. The molecule has 2 rings (SSSR count). The van der Waals surface area contributed by atoms with Crippen LogP contribution in [0.4, 0.5) is 0 Å². The van der Waals surface area contributed by atoms with E-state index in [-0.39, 0.29) is 11.5 Å². The minimum atomic E-state index is -0.834. The van der Waals surface area contributed by atoms with Gasteiger partial charge in [-0.15, -0.1) is 0 Å². The topological polar surface area (TPSA) is 38.0 Å². The van der Waals surface area contributed by atoms with Crippen molar-refractivity contribution in [3.63, 3.8) is 0 Å². The third kappa shape index (κ3) is 2.43. The van der Waals surface area contributed by atoms with Gasteiger partial charge in [0, 0.05) is 6.04 Å². The van der Waals surface area contributed by atoms with E-state index in [1.54, 1.807) is 6.20 Å². The van der Waals surface area contributed by atoms with Crippen LogP contribution in [0, 0.1) is 5.41 Å². The van der Waals surface area contributed by atoms with Crippen molar-refractivity contribution in [2.24, 2.45) is 5.41 Å². The molecular weight excluding hydrogens is 248 g/mol. The van der Waals surface area contributed by atoms with Crippen molar-refractivity contribution >= 4 is 11.6 Å². The lowest BCUT2D eigenvalue weighted by atomic mass is 9.68. The summed E-state index contributed by atoms with van der Waals surface area (Å²) in [5.41, 5.74) is 0.120. The van der Waals surface area contributed by atoms with E-state index >= 15 is 0 Å². The molecule has 1 aromatic heterocycles. The van der Waals surface area contributed by atoms with Gasteiger partial charge in [-0.1, -0.05) is 25.4 Å². The molecule has 0 aromatic carbocycles. The number of rotatable bonds is 2. The Morgan fingerprint density at radius 2 is 2.06 bits per heavy atom. The van der Waals surface area contributed by atoms with Crippen molar-refractivity contribution in [1.82, 2.24) is 9.78 Å². The van der Waals surface area contributed by atoms with Gasteiger partial charge < -0.3 is 5.11 Å². The normalized spacial score (nSPS) is 27.7. The Morgan fingerprint density at radius 1 is 1.39 bits per heavy atom. The van der Waals surface area contributed by atoms with Crippen LogP contribution < -0.4 is 0 Å². The molecule has 0 bridgehead atoms. The maximum absolute atomic E-state index is 11.0. The molecule has 102 valence electrons. The second-order valence-electron chi connectivity index (χ2n) is 6.61. The molecule has 3 nitrogen and oxygen atoms in total. The lowest BCUT2D eigenvalue weighted by Gasteiger charge is -2.42. The van der Waals surface area contributed by atoms with Crippen LogP contribution in [0.25, 0.3) is 0 Å². The fourth-order valence-corrected chi connectivity index (χ4v) is 3.50. The molecule has 4 heteroatoms. The molecule has 0 aliphatic heterocycles. The third-order valence-corrected chi connectivity index (χ3v) is 4.17. The molecule has 1 N–H and O–H groups in total. The van der Waals surface area contributed by atoms with Gasteiger partial charge in [0.15, 0.2) is 0 Å². The number of hydrogen-bond acceptors (Lipinski definition) is 2. The van der Waals surface area contributed by atoms with E-state index in [0.717, 1.165) is 31.4 Å². The standard InChI is InChI=1S/C14H23ClN2O/c1-10(2)17-12(11(15)8-16-17)14(18)7-5-6-13(3,4)9-14/h8,10,18H,5-7,9H2,1-4H3. The maximum atomic E-state index is 11.0. The first-order chi connectivity index (χ1) is 8.25. The lowest BCUT2D eigenvalue weighted by molar-refractivity contribution is -0.0511. The van der Waals surface area contributed by atoms with Gasteiger partial charge in [0.05, 0.1) is 16.9 Å². The second-order valence-corrected chi connectivity index (χ2v) is 7.01. The van der Waals surface area contributed by atoms with Crippen LogP contribution in [0.15, 0.2) is 6.20 Å². The summed E-state index contributed by atoms with van der Waals surface area (Å²) < 4.78 is 1.86. The maximum Gasteiger partial charge on any atom is 0.108 e. The minimum absolute atomic E-state index is 0.155. The Kier molecular flexibility index (Phi) is 3.50. The zero-order valence-electron chi connectivity index (χ0n) is 11.7. The largest absolute Gasteiger partial charge is 0.383 e. The van der Waals surface area contributed by atoms with E-state index < -0.39 is 5.60 Å². The van der Waals surface area contributed by atoms with E-state index in [0.29, 0.717) is 5.02 Å². The van der Waals surface area contributed by atoms with Crippen molar-refractivity contribution in [1.29, 1.82) is 0 Å². The van der Waals surface area contributed by atoms with Gasteiger partial charge in [0.1, 0.15) is 5.60 Å². The summed E-state index contributed by atoms with van der Waals surface area (Å²) in [4.78, 5) is 0. The molecule has 1 saturated carbocycles. The van der Waals surface area contributed by atoms with Gasteiger partial charge >= 0.3 is 0 Å². The fourth-order valence-electron chi connectivity index (χ4n) is 3.20. The lowest BCUT2D eigenvalue weighted by Crippen LogP contribution is -2.38. The average Bonchev–Trinajstić information content (AvgIpc) is 2.58. The Balaban J connectivity index is 2.43. The summed E-state index contributed by atoms with van der Waals surface area (Å²) in [5, 5.41) is 15.9. The number of hydrogen-bond donors (Lipinski definition) is 1. The fraction of sp³-hybridized carbons (Fsp3) is 0.786. The van der Waals surface area contributed by atoms with Gasteiger partial charge in [0.2, 0.25) is 0 Å². The first-order valence-electron chi connectivity index (χ1n) is 6.71. The summed E-state index contributed by atoms with van der Waals surface area (Å²) in [5.74, 6) is 0. The highest BCUT2D eigenvalue weighted by Gasteiger charge is 2.43. The summed E-state index contributed by atoms with van der Waals surface area (Å²) in [6.07, 6.45) is 5.36. The molecule has 1 heterocycles. The minimum Gasteiger partial charge on any atom is -0.383 e. The van der Waals surface area contributed by atoms with Gasteiger partial charge in [-0.3, -0.25) is 4.68 Å². The smallest absolute Gasteiger partial charge is 0.108 e. The van der Waals surface area contributed by atoms with Crippen molar-refractivity contribution in [3.8, 4) is 0 Å². The van der Waals surface area contributed by atoms with E-state index in [4.69, 9.17) is 11.6 Å². The van der Waals surface area contributed by atoms with Crippen LogP contribution in [0.3, 0.4) is 0 Å². The second kappa shape index (κ2) is 4.53. The van der Waals surface area contributed by atoms with Gasteiger partial charge in [0.25, 0.3) is 0 Å². The molecule has 0 spiro atoms. The Hall–Kier alpha value is -0.540.